The Bertz CT molecular complexity index is 1230. The van der Waals surface area contributed by atoms with E-state index in [1.807, 2.05) is 49.4 Å². The molecule has 37 heavy (non-hydrogen) atoms. The highest BCUT2D eigenvalue weighted by atomic mass is 16.5. The van der Waals surface area contributed by atoms with Gasteiger partial charge >= 0.3 is 12.0 Å². The van der Waals surface area contributed by atoms with Crippen molar-refractivity contribution in [2.24, 2.45) is 13.0 Å². The first kappa shape index (κ1) is 26.1. The van der Waals surface area contributed by atoms with Crippen molar-refractivity contribution in [1.82, 2.24) is 30.2 Å². The van der Waals surface area contributed by atoms with Crippen LogP contribution in [-0.2, 0) is 29.7 Å². The summed E-state index contributed by atoms with van der Waals surface area (Å²) in [5, 5.41) is 11.4. The number of nitrogens with zero attached hydrogens (tertiary/aromatic N) is 5. The first-order chi connectivity index (χ1) is 17.9. The molecule has 2 heterocycles. The Morgan fingerprint density at radius 1 is 1.16 bits per heavy atom. The van der Waals surface area contributed by atoms with Gasteiger partial charge in [0.2, 0.25) is 0 Å². The molecule has 196 valence electrons. The molecule has 2 atom stereocenters. The van der Waals surface area contributed by atoms with Gasteiger partial charge in [0.15, 0.2) is 0 Å². The third-order valence-corrected chi connectivity index (χ3v) is 6.70. The number of pyridine rings is 1. The zero-order valence-electron chi connectivity index (χ0n) is 21.8. The van der Waals surface area contributed by atoms with Crippen LogP contribution in [0.3, 0.4) is 0 Å². The van der Waals surface area contributed by atoms with Gasteiger partial charge in [-0.25, -0.2) is 14.5 Å². The van der Waals surface area contributed by atoms with Gasteiger partial charge < -0.3 is 19.7 Å². The number of hydrogen-bond donors (Lipinski definition) is 1. The van der Waals surface area contributed by atoms with E-state index < -0.39 is 0 Å². The van der Waals surface area contributed by atoms with Crippen molar-refractivity contribution < 1.29 is 19.1 Å². The second-order valence-corrected chi connectivity index (χ2v) is 9.42. The molecule has 1 aliphatic carbocycles. The van der Waals surface area contributed by atoms with E-state index in [9.17, 15) is 9.59 Å². The van der Waals surface area contributed by atoms with Crippen molar-refractivity contribution in [3.63, 3.8) is 0 Å². The number of rotatable bonds is 8. The van der Waals surface area contributed by atoms with Crippen LogP contribution < -0.4 is 10.1 Å². The van der Waals surface area contributed by atoms with Gasteiger partial charge in [-0.3, -0.25) is 4.79 Å². The van der Waals surface area contributed by atoms with E-state index in [-0.39, 0.29) is 24.0 Å². The predicted molar refractivity (Wildman–Crippen MR) is 138 cm³/mol. The molecule has 1 fully saturated rings. The highest BCUT2D eigenvalue weighted by molar-refractivity contribution is 5.74. The van der Waals surface area contributed by atoms with E-state index in [2.05, 4.69) is 15.6 Å². The van der Waals surface area contributed by atoms with Gasteiger partial charge in [-0.15, -0.1) is 5.10 Å². The number of aryl methyl sites for hydroxylation is 2. The van der Waals surface area contributed by atoms with Crippen LogP contribution in [0.4, 0.5) is 4.79 Å². The molecule has 0 aliphatic heterocycles. The van der Waals surface area contributed by atoms with E-state index >= 15 is 0 Å². The number of amides is 2. The maximum atomic E-state index is 12.7. The van der Waals surface area contributed by atoms with Crippen LogP contribution in [-0.4, -0.2) is 57.1 Å². The molecule has 2 aromatic heterocycles. The van der Waals surface area contributed by atoms with Gasteiger partial charge in [-0.05, 0) is 50.3 Å². The van der Waals surface area contributed by atoms with Gasteiger partial charge in [-0.2, -0.15) is 0 Å². The highest BCUT2D eigenvalue weighted by Gasteiger charge is 2.29. The molecule has 0 radical (unpaired) electrons. The summed E-state index contributed by atoms with van der Waals surface area (Å²) >= 11 is 0. The van der Waals surface area contributed by atoms with Crippen molar-refractivity contribution >= 4 is 12.0 Å². The molecule has 1 N–H and O–H groups in total. The number of nitrogens with one attached hydrogen (secondary N) is 1. The molecule has 1 aliphatic rings. The van der Waals surface area contributed by atoms with Crippen LogP contribution >= 0.6 is 0 Å². The molecule has 0 spiro atoms. The van der Waals surface area contributed by atoms with E-state index in [0.29, 0.717) is 36.6 Å². The zero-order chi connectivity index (χ0) is 26.4. The predicted octanol–water partition coefficient (Wildman–Crippen LogP) is 3.64. The molecule has 2 amide bonds. The Morgan fingerprint density at radius 2 is 1.95 bits per heavy atom. The lowest BCUT2D eigenvalue weighted by molar-refractivity contribution is -0.147. The normalized spacial score (nSPS) is 17.2. The summed E-state index contributed by atoms with van der Waals surface area (Å²) in [5.74, 6) is 0.384. The topological polar surface area (TPSA) is 111 Å². The number of hydrogen-bond acceptors (Lipinski definition) is 7. The number of carbonyl (C=O) groups excluding carboxylic acids is 2. The summed E-state index contributed by atoms with van der Waals surface area (Å²) in [7, 11) is 4.96. The lowest BCUT2D eigenvalue weighted by Crippen LogP contribution is -2.36. The summed E-state index contributed by atoms with van der Waals surface area (Å²) in [5.41, 5.74) is 3.79. The molecule has 4 rings (SSSR count). The molecule has 0 bridgehead atoms. The Balaban J connectivity index is 1.42. The second-order valence-electron chi connectivity index (χ2n) is 9.42. The van der Waals surface area contributed by atoms with Gasteiger partial charge in [0.25, 0.3) is 0 Å². The average Bonchev–Trinajstić information content (AvgIpc) is 3.28. The lowest BCUT2D eigenvalue weighted by Gasteiger charge is -2.28. The van der Waals surface area contributed by atoms with Gasteiger partial charge in [0.1, 0.15) is 11.4 Å². The quantitative estimate of drug-likeness (QED) is 0.464. The van der Waals surface area contributed by atoms with Crippen molar-refractivity contribution in [2.45, 2.75) is 51.8 Å². The number of benzene rings is 1. The number of esters is 1. The van der Waals surface area contributed by atoms with Gasteiger partial charge in [-0.1, -0.05) is 35.5 Å². The number of methoxy groups -OCH3 is 1. The van der Waals surface area contributed by atoms with Crippen LogP contribution in [0.1, 0.15) is 42.6 Å². The standard InChI is InChI=1S/C27H34N6O4/c1-18-24(37-21-12-8-11-20(15-21)26(34)36-4)14-13-22(29-18)25-23(33(3)31-30-25)17-32(2)27(35)28-16-19-9-6-5-7-10-19/h5-7,9-10,13-14,20-21H,8,11-12,15-17H2,1-4H3,(H,28,35)/t20-,21-/m0/s1. The fourth-order valence-corrected chi connectivity index (χ4v) is 4.58. The lowest BCUT2D eigenvalue weighted by atomic mass is 9.87. The monoisotopic (exact) mass is 506 g/mol. The van der Waals surface area contributed by atoms with Crippen molar-refractivity contribution in [3.05, 3.63) is 59.4 Å². The summed E-state index contributed by atoms with van der Waals surface area (Å²) in [4.78, 5) is 31.0. The van der Waals surface area contributed by atoms with Crippen LogP contribution in [0.5, 0.6) is 5.75 Å². The minimum absolute atomic E-state index is 0.0562. The van der Waals surface area contributed by atoms with Gasteiger partial charge in [0.05, 0.1) is 42.8 Å². The molecule has 10 heteroatoms. The van der Waals surface area contributed by atoms with Crippen LogP contribution in [0.2, 0.25) is 0 Å². The summed E-state index contributed by atoms with van der Waals surface area (Å²) < 4.78 is 12.8. The number of ether oxygens (including phenoxy) is 2. The SMILES string of the molecule is COC(=O)[C@H]1CCC[C@H](Oc2ccc(-c3nnn(C)c3CN(C)C(=O)NCc3ccccc3)nc2C)C1. The molecule has 0 saturated heterocycles. The Morgan fingerprint density at radius 3 is 2.68 bits per heavy atom. The van der Waals surface area contributed by atoms with E-state index in [4.69, 9.17) is 14.5 Å². The smallest absolute Gasteiger partial charge is 0.317 e. The zero-order valence-corrected chi connectivity index (χ0v) is 21.8. The number of carbonyl (C=O) groups is 2. The number of aromatic nitrogens is 4. The molecule has 10 nitrogen and oxygen atoms in total. The molecule has 0 unspecified atom stereocenters. The van der Waals surface area contributed by atoms with Crippen LogP contribution in [0, 0.1) is 12.8 Å². The molecule has 1 aromatic carbocycles. The highest BCUT2D eigenvalue weighted by Crippen LogP contribution is 2.31. The fourth-order valence-electron chi connectivity index (χ4n) is 4.58. The van der Waals surface area contributed by atoms with Crippen LogP contribution in [0.15, 0.2) is 42.5 Å². The second kappa shape index (κ2) is 11.9. The summed E-state index contributed by atoms with van der Waals surface area (Å²) in [6.45, 7) is 2.65. The van der Waals surface area contributed by atoms with E-state index in [1.165, 1.54) is 7.11 Å². The maximum absolute atomic E-state index is 12.7. The third kappa shape index (κ3) is 6.44. The Kier molecular flexibility index (Phi) is 8.37. The minimum atomic E-state index is -0.193. The largest absolute Gasteiger partial charge is 0.489 e. The minimum Gasteiger partial charge on any atom is -0.489 e. The summed E-state index contributed by atoms with van der Waals surface area (Å²) in [6.07, 6.45) is 3.23. The van der Waals surface area contributed by atoms with Crippen molar-refractivity contribution in [1.29, 1.82) is 0 Å². The average molecular weight is 507 g/mol. The Labute approximate surface area is 217 Å². The molecule has 1 saturated carbocycles. The third-order valence-electron chi connectivity index (χ3n) is 6.70. The summed E-state index contributed by atoms with van der Waals surface area (Å²) in [6, 6.07) is 13.3. The van der Waals surface area contributed by atoms with Gasteiger partial charge in [0, 0.05) is 20.6 Å². The Hall–Kier alpha value is -3.95. The number of urea groups is 1. The van der Waals surface area contributed by atoms with E-state index in [0.717, 1.165) is 36.2 Å². The fraction of sp³-hybridized carbons (Fsp3) is 0.444. The van der Waals surface area contributed by atoms with Crippen LogP contribution in [0.25, 0.3) is 11.4 Å². The molecular weight excluding hydrogens is 472 g/mol. The van der Waals surface area contributed by atoms with E-state index in [1.54, 1.807) is 23.7 Å². The molecular formula is C27H34N6O4. The van der Waals surface area contributed by atoms with Crippen molar-refractivity contribution in [3.8, 4) is 17.1 Å². The first-order valence-corrected chi connectivity index (χ1v) is 12.5. The molecule has 3 aromatic rings. The van der Waals surface area contributed by atoms with Crippen molar-refractivity contribution in [2.75, 3.05) is 14.2 Å². The first-order valence-electron chi connectivity index (χ1n) is 12.5. The maximum Gasteiger partial charge on any atom is 0.317 e.